The van der Waals surface area contributed by atoms with Gasteiger partial charge in [0.25, 0.3) is 0 Å². The van der Waals surface area contributed by atoms with Gasteiger partial charge in [0.15, 0.2) is 0 Å². The van der Waals surface area contributed by atoms with Crippen LogP contribution in [0.2, 0.25) is 0 Å². The number of hydrogen-bond acceptors (Lipinski definition) is 7. The molecule has 0 aromatic heterocycles. The summed E-state index contributed by atoms with van der Waals surface area (Å²) < 4.78 is 21.4. The van der Waals surface area contributed by atoms with Crippen LogP contribution in [0.5, 0.6) is 5.75 Å². The third kappa shape index (κ3) is 8.91. The molecule has 2 aromatic carbocycles. The van der Waals surface area contributed by atoms with Crippen LogP contribution in [0.4, 0.5) is 4.79 Å². The molecule has 0 radical (unpaired) electrons. The number of ether oxygens (including phenoxy) is 4. The van der Waals surface area contributed by atoms with Crippen LogP contribution in [0.25, 0.3) is 0 Å². The highest BCUT2D eigenvalue weighted by Crippen LogP contribution is 2.23. The summed E-state index contributed by atoms with van der Waals surface area (Å²) in [5, 5.41) is 2.45. The molecule has 1 amide bonds. The van der Waals surface area contributed by atoms with Crippen LogP contribution in [-0.4, -0.2) is 42.4 Å². The molecule has 0 atom stereocenters. The Labute approximate surface area is 213 Å². The molecule has 0 spiro atoms. The highest BCUT2D eigenvalue weighted by molar-refractivity contribution is 6.07. The van der Waals surface area contributed by atoms with E-state index < -0.39 is 29.2 Å². The summed E-state index contributed by atoms with van der Waals surface area (Å²) in [5.74, 6) is -1.01. The molecule has 196 valence electrons. The van der Waals surface area contributed by atoms with Crippen molar-refractivity contribution in [3.05, 3.63) is 65.7 Å². The van der Waals surface area contributed by atoms with Gasteiger partial charge in [0.2, 0.25) is 5.54 Å². The van der Waals surface area contributed by atoms with Gasteiger partial charge in [0.1, 0.15) is 18.0 Å². The molecule has 0 aliphatic rings. The van der Waals surface area contributed by atoms with Gasteiger partial charge in [-0.3, -0.25) is 5.32 Å². The topological polar surface area (TPSA) is 100 Å². The van der Waals surface area contributed by atoms with Crippen LogP contribution in [0.15, 0.2) is 54.6 Å². The van der Waals surface area contributed by atoms with E-state index in [4.69, 9.17) is 18.9 Å². The van der Waals surface area contributed by atoms with Gasteiger partial charge in [0.05, 0.1) is 13.2 Å². The Morgan fingerprint density at radius 1 is 0.806 bits per heavy atom. The molecule has 0 bridgehead atoms. The molecule has 0 saturated carbocycles. The molecule has 0 heterocycles. The maximum atomic E-state index is 12.9. The van der Waals surface area contributed by atoms with Crippen molar-refractivity contribution in [3.8, 4) is 5.75 Å². The van der Waals surface area contributed by atoms with Gasteiger partial charge >= 0.3 is 18.0 Å². The fourth-order valence-corrected chi connectivity index (χ4v) is 3.49. The maximum Gasteiger partial charge on any atom is 0.409 e. The van der Waals surface area contributed by atoms with Gasteiger partial charge < -0.3 is 18.9 Å². The number of aryl methyl sites for hydroxylation is 1. The van der Waals surface area contributed by atoms with E-state index in [1.165, 1.54) is 0 Å². The van der Waals surface area contributed by atoms with Crippen LogP contribution < -0.4 is 10.1 Å². The van der Waals surface area contributed by atoms with E-state index in [2.05, 4.69) is 5.32 Å². The fourth-order valence-electron chi connectivity index (χ4n) is 3.49. The van der Waals surface area contributed by atoms with Gasteiger partial charge in [-0.05, 0) is 77.1 Å². The van der Waals surface area contributed by atoms with Crippen molar-refractivity contribution in [2.75, 3.05) is 13.2 Å². The van der Waals surface area contributed by atoms with Crippen molar-refractivity contribution >= 4 is 18.0 Å². The standard InChI is InChI=1S/C28H37NO7/c1-6-33-24(30)28(25(31)34-7-2,29-26(32)36-27(3,4)5)19-11-14-21-15-17-23(18-16-21)35-20-22-12-9-8-10-13-22/h8-10,12-13,15-18H,6-7,11,14,19-20H2,1-5H3,(H,29,32). The highest BCUT2D eigenvalue weighted by atomic mass is 16.6. The zero-order valence-corrected chi connectivity index (χ0v) is 21.8. The third-order valence-corrected chi connectivity index (χ3v) is 5.15. The molecule has 36 heavy (non-hydrogen) atoms. The first-order valence-corrected chi connectivity index (χ1v) is 12.2. The van der Waals surface area contributed by atoms with Crippen LogP contribution in [0, 0.1) is 0 Å². The zero-order chi connectivity index (χ0) is 26.6. The molecule has 8 heteroatoms. The molecule has 0 aliphatic heterocycles. The minimum Gasteiger partial charge on any atom is -0.489 e. The molecule has 8 nitrogen and oxygen atoms in total. The van der Waals surface area contributed by atoms with Gasteiger partial charge in [-0.2, -0.15) is 0 Å². The molecule has 0 fully saturated rings. The summed E-state index contributed by atoms with van der Waals surface area (Å²) in [4.78, 5) is 38.5. The summed E-state index contributed by atoms with van der Waals surface area (Å²) in [5.41, 5.74) is -0.759. The predicted octanol–water partition coefficient (Wildman–Crippen LogP) is 4.98. The number of rotatable bonds is 12. The van der Waals surface area contributed by atoms with Gasteiger partial charge in [-0.1, -0.05) is 42.5 Å². The molecule has 0 aliphatic carbocycles. The van der Waals surface area contributed by atoms with E-state index in [1.807, 2.05) is 54.6 Å². The summed E-state index contributed by atoms with van der Waals surface area (Å²) in [6.07, 6.45) is 0.0344. The fraction of sp³-hybridized carbons (Fsp3) is 0.464. The van der Waals surface area contributed by atoms with E-state index in [1.54, 1.807) is 34.6 Å². The maximum absolute atomic E-state index is 12.9. The second kappa shape index (κ2) is 13.5. The Morgan fingerprint density at radius 3 is 1.92 bits per heavy atom. The molecular formula is C28H37NO7. The Kier molecular flexibility index (Phi) is 10.8. The summed E-state index contributed by atoms with van der Waals surface area (Å²) in [6.45, 7) is 8.88. The predicted molar refractivity (Wildman–Crippen MR) is 136 cm³/mol. The van der Waals surface area contributed by atoms with Crippen LogP contribution in [-0.2, 0) is 36.8 Å². The van der Waals surface area contributed by atoms with E-state index in [0.29, 0.717) is 19.4 Å². The molecule has 0 unspecified atom stereocenters. The van der Waals surface area contributed by atoms with Gasteiger partial charge in [0, 0.05) is 0 Å². The van der Waals surface area contributed by atoms with E-state index >= 15 is 0 Å². The first kappa shape index (κ1) is 28.7. The highest BCUT2D eigenvalue weighted by Gasteiger charge is 2.50. The van der Waals surface area contributed by atoms with Crippen molar-refractivity contribution in [2.24, 2.45) is 0 Å². The van der Waals surface area contributed by atoms with Crippen LogP contribution >= 0.6 is 0 Å². The number of amides is 1. The Hall–Kier alpha value is -3.55. The van der Waals surface area contributed by atoms with Gasteiger partial charge in [-0.15, -0.1) is 0 Å². The quantitative estimate of drug-likeness (QED) is 0.250. The van der Waals surface area contributed by atoms with E-state index in [0.717, 1.165) is 16.9 Å². The van der Waals surface area contributed by atoms with Crippen molar-refractivity contribution < 1.29 is 33.3 Å². The molecule has 0 saturated heterocycles. The summed E-state index contributed by atoms with van der Waals surface area (Å²) in [7, 11) is 0. The largest absolute Gasteiger partial charge is 0.489 e. The van der Waals surface area contributed by atoms with E-state index in [-0.39, 0.29) is 19.6 Å². The number of alkyl carbamates (subject to hydrolysis) is 1. The lowest BCUT2D eigenvalue weighted by atomic mass is 9.91. The molecule has 2 rings (SSSR count). The average Bonchev–Trinajstić information content (AvgIpc) is 2.82. The van der Waals surface area contributed by atoms with Crippen molar-refractivity contribution in [2.45, 2.75) is 71.6 Å². The first-order chi connectivity index (χ1) is 17.1. The summed E-state index contributed by atoms with van der Waals surface area (Å²) in [6, 6.07) is 17.5. The first-order valence-electron chi connectivity index (χ1n) is 12.2. The van der Waals surface area contributed by atoms with Crippen LogP contribution in [0.1, 0.15) is 58.6 Å². The van der Waals surface area contributed by atoms with Crippen LogP contribution in [0.3, 0.4) is 0 Å². The minimum absolute atomic E-state index is 0.0177. The van der Waals surface area contributed by atoms with E-state index in [9.17, 15) is 14.4 Å². The molecule has 2 aromatic rings. The Bertz CT molecular complexity index is 963. The number of benzene rings is 2. The number of esters is 2. The smallest absolute Gasteiger partial charge is 0.409 e. The number of hydrogen-bond donors (Lipinski definition) is 1. The minimum atomic E-state index is -2.01. The Balaban J connectivity index is 2.09. The lowest BCUT2D eigenvalue weighted by Crippen LogP contribution is -2.62. The monoisotopic (exact) mass is 499 g/mol. The SMILES string of the molecule is CCOC(=O)C(CCCc1ccc(OCc2ccccc2)cc1)(NC(=O)OC(C)(C)C)C(=O)OCC. The van der Waals surface area contributed by atoms with Crippen molar-refractivity contribution in [1.82, 2.24) is 5.32 Å². The molecular weight excluding hydrogens is 462 g/mol. The second-order valence-corrected chi connectivity index (χ2v) is 9.24. The Morgan fingerprint density at radius 2 is 1.39 bits per heavy atom. The van der Waals surface area contributed by atoms with Gasteiger partial charge in [-0.25, -0.2) is 14.4 Å². The van der Waals surface area contributed by atoms with Crippen molar-refractivity contribution in [3.63, 3.8) is 0 Å². The second-order valence-electron chi connectivity index (χ2n) is 9.24. The summed E-state index contributed by atoms with van der Waals surface area (Å²) >= 11 is 0. The lowest BCUT2D eigenvalue weighted by molar-refractivity contribution is -0.166. The normalized spacial score (nSPS) is 11.4. The zero-order valence-electron chi connectivity index (χ0n) is 21.8. The molecule has 1 N–H and O–H groups in total. The van der Waals surface area contributed by atoms with Crippen molar-refractivity contribution in [1.29, 1.82) is 0 Å². The number of carbonyl (C=O) groups is 3. The number of carbonyl (C=O) groups excluding carboxylic acids is 3. The lowest BCUT2D eigenvalue weighted by Gasteiger charge is -2.31. The third-order valence-electron chi connectivity index (χ3n) is 5.15. The number of nitrogens with one attached hydrogen (secondary N) is 1. The average molecular weight is 500 g/mol.